The fraction of sp³-hybridized carbons (Fsp3) is 0.467. The van der Waals surface area contributed by atoms with Crippen molar-refractivity contribution in [3.63, 3.8) is 0 Å². The average molecular weight is 471 g/mol. The van der Waals surface area contributed by atoms with Gasteiger partial charge in [-0.05, 0) is 61.3 Å². The molecule has 1 aromatic heterocycles. The number of carboxylic acid groups (broad SMARTS) is 1. The summed E-state index contributed by atoms with van der Waals surface area (Å²) in [6, 6.07) is 12.2. The van der Waals surface area contributed by atoms with Gasteiger partial charge in [-0.1, -0.05) is 57.4 Å². The van der Waals surface area contributed by atoms with Crippen LogP contribution in [0.15, 0.2) is 36.4 Å². The van der Waals surface area contributed by atoms with Crippen LogP contribution in [0.4, 0.5) is 5.69 Å². The lowest BCUT2D eigenvalue weighted by Gasteiger charge is -2.28. The number of rotatable bonds is 4. The number of hydrogen-bond donors (Lipinski definition) is 1. The molecule has 1 aliphatic carbocycles. The highest BCUT2D eigenvalue weighted by molar-refractivity contribution is 6.12. The highest BCUT2D eigenvalue weighted by Gasteiger charge is 2.50. The van der Waals surface area contributed by atoms with Gasteiger partial charge in [-0.15, -0.1) is 0 Å². The minimum Gasteiger partial charge on any atom is -0.478 e. The largest absolute Gasteiger partial charge is 0.478 e. The van der Waals surface area contributed by atoms with Crippen LogP contribution in [0.1, 0.15) is 92.6 Å². The summed E-state index contributed by atoms with van der Waals surface area (Å²) in [6.07, 6.45) is 8.53. The number of anilines is 1. The lowest BCUT2D eigenvalue weighted by Crippen LogP contribution is -2.40. The Kier molecular flexibility index (Phi) is 5.28. The molecule has 1 saturated carbocycles. The summed E-state index contributed by atoms with van der Waals surface area (Å²) in [5, 5.41) is 10.9. The molecule has 0 radical (unpaired) electrons. The molecule has 1 amide bonds. The zero-order valence-electron chi connectivity index (χ0n) is 20.8. The van der Waals surface area contributed by atoms with Crippen molar-refractivity contribution in [1.82, 2.24) is 4.57 Å². The first-order valence-electron chi connectivity index (χ1n) is 13.4. The van der Waals surface area contributed by atoms with Crippen LogP contribution >= 0.6 is 0 Å². The molecule has 2 aromatic carbocycles. The molecule has 5 nitrogen and oxygen atoms in total. The monoisotopic (exact) mass is 470 g/mol. The summed E-state index contributed by atoms with van der Waals surface area (Å²) >= 11 is 0. The Morgan fingerprint density at radius 2 is 1.80 bits per heavy atom. The number of aromatic carboxylic acids is 1. The molecule has 1 fully saturated rings. The van der Waals surface area contributed by atoms with Gasteiger partial charge in [0.1, 0.15) is 0 Å². The Morgan fingerprint density at radius 3 is 2.51 bits per heavy atom. The summed E-state index contributed by atoms with van der Waals surface area (Å²) in [4.78, 5) is 27.8. The average Bonchev–Trinajstić information content (AvgIpc) is 3.32. The van der Waals surface area contributed by atoms with Gasteiger partial charge in [0.15, 0.2) is 0 Å². The molecule has 35 heavy (non-hydrogen) atoms. The fourth-order valence-corrected chi connectivity index (χ4v) is 7.26. The Morgan fingerprint density at radius 1 is 1.03 bits per heavy atom. The summed E-state index contributed by atoms with van der Waals surface area (Å²) in [5.74, 6) is -0.177. The summed E-state index contributed by atoms with van der Waals surface area (Å²) in [5.41, 5.74) is 6.90. The van der Waals surface area contributed by atoms with Gasteiger partial charge in [0.05, 0.1) is 22.4 Å². The second-order valence-electron chi connectivity index (χ2n) is 10.6. The van der Waals surface area contributed by atoms with Crippen LogP contribution in [0.3, 0.4) is 0 Å². The molecule has 0 spiro atoms. The minimum atomic E-state index is -0.888. The number of hydrogen-bond acceptors (Lipinski definition) is 2. The van der Waals surface area contributed by atoms with E-state index in [1.165, 1.54) is 54.3 Å². The van der Waals surface area contributed by atoms with Gasteiger partial charge < -0.3 is 14.6 Å². The van der Waals surface area contributed by atoms with Crippen LogP contribution in [-0.2, 0) is 16.8 Å². The van der Waals surface area contributed by atoms with Crippen molar-refractivity contribution in [2.45, 2.75) is 83.1 Å². The van der Waals surface area contributed by atoms with Crippen molar-refractivity contribution < 1.29 is 14.7 Å². The van der Waals surface area contributed by atoms with Gasteiger partial charge in [-0.2, -0.15) is 0 Å². The first-order valence-corrected chi connectivity index (χ1v) is 13.4. The standard InChI is InChI=1S/C30H34N2O3/c1-3-30(4-2)23-13-8-12-22-26(23)32(29(30)35)17-9-16-31-24-18-20(28(33)34)14-15-21(24)25(27(22)31)19-10-6-5-7-11-19/h8,12-15,18-19H,3-7,9-11,16-17H2,1-2H3,(H,33,34). The van der Waals surface area contributed by atoms with Gasteiger partial charge in [0.25, 0.3) is 0 Å². The van der Waals surface area contributed by atoms with Crippen LogP contribution in [0.2, 0.25) is 0 Å². The maximum absolute atomic E-state index is 13.9. The Hall–Kier alpha value is -3.08. The molecule has 2 aliphatic heterocycles. The van der Waals surface area contributed by atoms with E-state index in [1.54, 1.807) is 6.07 Å². The van der Waals surface area contributed by atoms with E-state index >= 15 is 0 Å². The fourth-order valence-electron chi connectivity index (χ4n) is 7.26. The molecule has 0 saturated heterocycles. The van der Waals surface area contributed by atoms with E-state index < -0.39 is 11.4 Å². The van der Waals surface area contributed by atoms with Crippen molar-refractivity contribution in [2.75, 3.05) is 11.4 Å². The lowest BCUT2D eigenvalue weighted by atomic mass is 9.76. The molecule has 6 rings (SSSR count). The quantitative estimate of drug-likeness (QED) is 0.453. The van der Waals surface area contributed by atoms with E-state index in [1.807, 2.05) is 12.1 Å². The number of carboxylic acids is 1. The van der Waals surface area contributed by atoms with Crippen LogP contribution < -0.4 is 4.90 Å². The van der Waals surface area contributed by atoms with E-state index in [9.17, 15) is 14.7 Å². The van der Waals surface area contributed by atoms with Gasteiger partial charge >= 0.3 is 5.97 Å². The van der Waals surface area contributed by atoms with E-state index in [-0.39, 0.29) is 5.91 Å². The number of amides is 1. The molecule has 1 N–H and O–H groups in total. The van der Waals surface area contributed by atoms with E-state index in [0.717, 1.165) is 42.6 Å². The van der Waals surface area contributed by atoms with Crippen LogP contribution in [0, 0.1) is 0 Å². The van der Waals surface area contributed by atoms with Crippen molar-refractivity contribution in [2.24, 2.45) is 0 Å². The van der Waals surface area contributed by atoms with Crippen LogP contribution in [0.25, 0.3) is 22.2 Å². The lowest BCUT2D eigenvalue weighted by molar-refractivity contribution is -0.123. The molecule has 3 aliphatic rings. The molecule has 182 valence electrons. The molecule has 3 aromatic rings. The molecular weight excluding hydrogens is 436 g/mol. The molecule has 0 bridgehead atoms. The second-order valence-corrected chi connectivity index (χ2v) is 10.6. The van der Waals surface area contributed by atoms with Gasteiger partial charge in [0.2, 0.25) is 5.91 Å². The van der Waals surface area contributed by atoms with Crippen LogP contribution in [0.5, 0.6) is 0 Å². The third kappa shape index (κ3) is 3.06. The second kappa shape index (κ2) is 8.25. The molecule has 0 unspecified atom stereocenters. The van der Waals surface area contributed by atoms with Crippen molar-refractivity contribution in [1.29, 1.82) is 0 Å². The highest BCUT2D eigenvalue weighted by atomic mass is 16.4. The SMILES string of the molecule is CCC1(CC)C(=O)N2CCCn3c(c(C4CCCCC4)c4ccc(C(=O)O)cc43)-c3cccc1c32. The topological polar surface area (TPSA) is 62.5 Å². The highest BCUT2D eigenvalue weighted by Crippen LogP contribution is 2.54. The Labute approximate surface area is 206 Å². The maximum atomic E-state index is 13.9. The number of carbonyl (C=O) groups is 2. The number of fused-ring (bicyclic) bond motifs is 4. The smallest absolute Gasteiger partial charge is 0.335 e. The molecule has 3 heterocycles. The zero-order chi connectivity index (χ0) is 24.3. The van der Waals surface area contributed by atoms with Crippen molar-refractivity contribution in [3.8, 4) is 11.3 Å². The van der Waals surface area contributed by atoms with Gasteiger partial charge in [-0.25, -0.2) is 4.79 Å². The molecule has 0 atom stereocenters. The third-order valence-electron chi connectivity index (χ3n) is 9.07. The number of nitrogens with zero attached hydrogens (tertiary/aromatic N) is 2. The number of para-hydroxylation sites is 1. The molecular formula is C30H34N2O3. The summed E-state index contributed by atoms with van der Waals surface area (Å²) in [7, 11) is 0. The van der Waals surface area contributed by atoms with Gasteiger partial charge in [-0.3, -0.25) is 4.79 Å². The van der Waals surface area contributed by atoms with Crippen molar-refractivity contribution in [3.05, 3.63) is 53.1 Å². The van der Waals surface area contributed by atoms with Crippen LogP contribution in [-0.4, -0.2) is 28.1 Å². The maximum Gasteiger partial charge on any atom is 0.335 e. The van der Waals surface area contributed by atoms with Crippen molar-refractivity contribution >= 4 is 28.5 Å². The Balaban J connectivity index is 1.70. The number of aromatic nitrogens is 1. The first kappa shape index (κ1) is 22.4. The Bertz CT molecular complexity index is 1340. The predicted octanol–water partition coefficient (Wildman–Crippen LogP) is 6.86. The van der Waals surface area contributed by atoms with E-state index in [4.69, 9.17) is 0 Å². The minimum absolute atomic E-state index is 0.252. The predicted molar refractivity (Wildman–Crippen MR) is 139 cm³/mol. The van der Waals surface area contributed by atoms with E-state index in [2.05, 4.69) is 41.5 Å². The zero-order valence-corrected chi connectivity index (χ0v) is 20.8. The van der Waals surface area contributed by atoms with Gasteiger partial charge in [0, 0.05) is 29.6 Å². The number of benzene rings is 2. The summed E-state index contributed by atoms with van der Waals surface area (Å²) in [6.45, 7) is 5.75. The number of aryl methyl sites for hydroxylation is 1. The normalized spacial score (nSPS) is 19.4. The number of carbonyl (C=O) groups excluding carboxylic acids is 1. The first-order chi connectivity index (χ1) is 17.0. The summed E-state index contributed by atoms with van der Waals surface area (Å²) < 4.78 is 2.38. The molecule has 5 heteroatoms. The third-order valence-corrected chi connectivity index (χ3v) is 9.07. The van der Waals surface area contributed by atoms with E-state index in [0.29, 0.717) is 18.0 Å².